The van der Waals surface area contributed by atoms with Crippen LogP contribution in [0.15, 0.2) is 54.6 Å². The Morgan fingerprint density at radius 1 is 1.17 bits per heavy atom. The molecule has 0 aliphatic carbocycles. The molecule has 2 aromatic rings. The molecule has 126 valence electrons. The van der Waals surface area contributed by atoms with Crippen molar-refractivity contribution in [3.8, 4) is 0 Å². The minimum absolute atomic E-state index is 0.0429. The highest BCUT2D eigenvalue weighted by molar-refractivity contribution is 5.94. The summed E-state index contributed by atoms with van der Waals surface area (Å²) < 4.78 is 0. The van der Waals surface area contributed by atoms with Crippen LogP contribution in [0.25, 0.3) is 0 Å². The fraction of sp³-hybridized carbons (Fsp3) is 0.350. The highest BCUT2D eigenvalue weighted by Crippen LogP contribution is 2.28. The summed E-state index contributed by atoms with van der Waals surface area (Å²) in [6.45, 7) is 1.23. The molecule has 0 saturated carbocycles. The number of benzene rings is 2. The second-order valence-corrected chi connectivity index (χ2v) is 6.36. The van der Waals surface area contributed by atoms with E-state index in [1.165, 1.54) is 0 Å². The monoisotopic (exact) mass is 324 g/mol. The molecule has 24 heavy (non-hydrogen) atoms. The van der Waals surface area contributed by atoms with Gasteiger partial charge in [-0.2, -0.15) is 0 Å². The Hall–Kier alpha value is -2.17. The van der Waals surface area contributed by atoms with E-state index in [4.69, 9.17) is 5.73 Å². The Kier molecular flexibility index (Phi) is 5.28. The SMILES string of the molecule is NCc1ccc(C(=O)N2CCC[C@@H]2C[C@H](O)c2ccccc2)cc1. The molecule has 0 radical (unpaired) electrons. The lowest BCUT2D eigenvalue weighted by Crippen LogP contribution is -2.36. The number of nitrogens with zero attached hydrogens (tertiary/aromatic N) is 1. The molecule has 0 unspecified atom stereocenters. The molecule has 0 bridgehead atoms. The highest BCUT2D eigenvalue weighted by atomic mass is 16.3. The number of hydrogen-bond donors (Lipinski definition) is 2. The van der Waals surface area contributed by atoms with Crippen molar-refractivity contribution in [1.82, 2.24) is 4.90 Å². The van der Waals surface area contributed by atoms with Gasteiger partial charge >= 0.3 is 0 Å². The van der Waals surface area contributed by atoms with Crippen molar-refractivity contribution < 1.29 is 9.90 Å². The number of aliphatic hydroxyl groups excluding tert-OH is 1. The molecule has 1 aliphatic heterocycles. The summed E-state index contributed by atoms with van der Waals surface area (Å²) in [6.07, 6.45) is 1.97. The molecule has 0 aromatic heterocycles. The third-order valence-electron chi connectivity index (χ3n) is 4.75. The molecule has 4 nitrogen and oxygen atoms in total. The lowest BCUT2D eigenvalue weighted by molar-refractivity contribution is 0.0667. The quantitative estimate of drug-likeness (QED) is 0.889. The second-order valence-electron chi connectivity index (χ2n) is 6.36. The van der Waals surface area contributed by atoms with Gasteiger partial charge in [-0.05, 0) is 42.5 Å². The smallest absolute Gasteiger partial charge is 0.254 e. The topological polar surface area (TPSA) is 66.6 Å². The van der Waals surface area contributed by atoms with Crippen molar-refractivity contribution in [3.63, 3.8) is 0 Å². The Labute approximate surface area is 142 Å². The van der Waals surface area contributed by atoms with Gasteiger partial charge < -0.3 is 15.7 Å². The standard InChI is InChI=1S/C20H24N2O2/c21-14-15-8-10-17(11-9-15)20(24)22-12-4-7-18(22)13-19(23)16-5-2-1-3-6-16/h1-3,5-6,8-11,18-19,23H,4,7,12-14,21H2/t18-,19+/m1/s1. The van der Waals surface area contributed by atoms with Gasteiger partial charge in [-0.3, -0.25) is 4.79 Å². The summed E-state index contributed by atoms with van der Waals surface area (Å²) in [6, 6.07) is 17.2. The van der Waals surface area contributed by atoms with Gasteiger partial charge in [0.2, 0.25) is 0 Å². The van der Waals surface area contributed by atoms with E-state index in [0.717, 1.165) is 30.5 Å². The third-order valence-corrected chi connectivity index (χ3v) is 4.75. The van der Waals surface area contributed by atoms with Crippen LogP contribution in [0.1, 0.15) is 46.9 Å². The number of likely N-dealkylation sites (tertiary alicyclic amines) is 1. The Balaban J connectivity index is 1.69. The maximum absolute atomic E-state index is 12.8. The third kappa shape index (κ3) is 3.66. The summed E-state index contributed by atoms with van der Waals surface area (Å²) in [7, 11) is 0. The fourth-order valence-electron chi connectivity index (χ4n) is 3.37. The van der Waals surface area contributed by atoms with Crippen LogP contribution in [0, 0.1) is 0 Å². The summed E-state index contributed by atoms with van der Waals surface area (Å²) in [5.41, 5.74) is 8.22. The van der Waals surface area contributed by atoms with Gasteiger partial charge in [-0.15, -0.1) is 0 Å². The number of hydrogen-bond acceptors (Lipinski definition) is 3. The first-order valence-corrected chi connectivity index (χ1v) is 8.52. The number of amides is 1. The molecular formula is C20H24N2O2. The Bertz CT molecular complexity index is 670. The fourth-order valence-corrected chi connectivity index (χ4v) is 3.37. The van der Waals surface area contributed by atoms with Crippen LogP contribution in [0.5, 0.6) is 0 Å². The minimum atomic E-state index is -0.538. The zero-order valence-corrected chi connectivity index (χ0v) is 13.8. The molecule has 4 heteroatoms. The summed E-state index contributed by atoms with van der Waals surface area (Å²) in [4.78, 5) is 14.7. The van der Waals surface area contributed by atoms with E-state index in [9.17, 15) is 9.90 Å². The summed E-state index contributed by atoms with van der Waals surface area (Å²) in [5.74, 6) is 0.0429. The van der Waals surface area contributed by atoms with Gasteiger partial charge in [0.25, 0.3) is 5.91 Å². The Morgan fingerprint density at radius 3 is 2.54 bits per heavy atom. The number of rotatable bonds is 5. The van der Waals surface area contributed by atoms with Crippen molar-refractivity contribution in [1.29, 1.82) is 0 Å². The van der Waals surface area contributed by atoms with Gasteiger partial charge in [0.1, 0.15) is 0 Å². The van der Waals surface area contributed by atoms with Gasteiger partial charge in [-0.25, -0.2) is 0 Å². The predicted molar refractivity (Wildman–Crippen MR) is 94.4 cm³/mol. The van der Waals surface area contributed by atoms with Crippen LogP contribution in [-0.2, 0) is 6.54 Å². The van der Waals surface area contributed by atoms with Crippen LogP contribution < -0.4 is 5.73 Å². The molecule has 1 aliphatic rings. The molecule has 3 N–H and O–H groups in total. The normalized spacial score (nSPS) is 18.6. The van der Waals surface area contributed by atoms with Gasteiger partial charge in [0.15, 0.2) is 0 Å². The maximum Gasteiger partial charge on any atom is 0.254 e. The number of carbonyl (C=O) groups excluding carboxylic acids is 1. The number of nitrogens with two attached hydrogens (primary N) is 1. The lowest BCUT2D eigenvalue weighted by Gasteiger charge is -2.27. The first kappa shape index (κ1) is 16.7. The average molecular weight is 324 g/mol. The molecule has 1 fully saturated rings. The van der Waals surface area contributed by atoms with E-state index in [0.29, 0.717) is 18.5 Å². The van der Waals surface area contributed by atoms with E-state index in [-0.39, 0.29) is 11.9 Å². The number of aliphatic hydroxyl groups is 1. The van der Waals surface area contributed by atoms with Crippen LogP contribution in [0.2, 0.25) is 0 Å². The lowest BCUT2D eigenvalue weighted by atomic mass is 10.00. The summed E-state index contributed by atoms with van der Waals surface area (Å²) >= 11 is 0. The van der Waals surface area contributed by atoms with E-state index in [1.807, 2.05) is 59.5 Å². The van der Waals surface area contributed by atoms with E-state index >= 15 is 0 Å². The first-order valence-electron chi connectivity index (χ1n) is 8.52. The molecule has 1 saturated heterocycles. The van der Waals surface area contributed by atoms with Gasteiger partial charge in [0, 0.05) is 24.7 Å². The zero-order valence-electron chi connectivity index (χ0n) is 13.8. The number of carbonyl (C=O) groups is 1. The first-order chi connectivity index (χ1) is 11.7. The zero-order chi connectivity index (χ0) is 16.9. The van der Waals surface area contributed by atoms with Gasteiger partial charge in [-0.1, -0.05) is 42.5 Å². The Morgan fingerprint density at radius 2 is 1.88 bits per heavy atom. The van der Waals surface area contributed by atoms with Crippen LogP contribution in [0.3, 0.4) is 0 Å². The molecular weight excluding hydrogens is 300 g/mol. The van der Waals surface area contributed by atoms with Crippen molar-refractivity contribution >= 4 is 5.91 Å². The van der Waals surface area contributed by atoms with Crippen molar-refractivity contribution in [2.45, 2.75) is 38.0 Å². The molecule has 1 amide bonds. The predicted octanol–water partition coefficient (Wildman–Crippen LogP) is 2.87. The molecule has 2 aromatic carbocycles. The average Bonchev–Trinajstić information content (AvgIpc) is 3.10. The summed E-state index contributed by atoms with van der Waals surface area (Å²) in [5, 5.41) is 10.5. The maximum atomic E-state index is 12.8. The molecule has 2 atom stereocenters. The van der Waals surface area contributed by atoms with E-state index < -0.39 is 6.10 Å². The van der Waals surface area contributed by atoms with Crippen molar-refractivity contribution in [2.24, 2.45) is 5.73 Å². The van der Waals surface area contributed by atoms with E-state index in [2.05, 4.69) is 0 Å². The highest BCUT2D eigenvalue weighted by Gasteiger charge is 2.31. The minimum Gasteiger partial charge on any atom is -0.388 e. The van der Waals surface area contributed by atoms with E-state index in [1.54, 1.807) is 0 Å². The second kappa shape index (κ2) is 7.60. The van der Waals surface area contributed by atoms with Crippen LogP contribution in [-0.4, -0.2) is 28.5 Å². The van der Waals surface area contributed by atoms with Crippen molar-refractivity contribution in [3.05, 3.63) is 71.3 Å². The van der Waals surface area contributed by atoms with Crippen molar-refractivity contribution in [2.75, 3.05) is 6.54 Å². The molecule has 3 rings (SSSR count). The molecule has 1 heterocycles. The van der Waals surface area contributed by atoms with Crippen LogP contribution in [0.4, 0.5) is 0 Å². The van der Waals surface area contributed by atoms with Gasteiger partial charge in [0.05, 0.1) is 6.10 Å². The van der Waals surface area contributed by atoms with Crippen LogP contribution >= 0.6 is 0 Å². The molecule has 0 spiro atoms. The largest absolute Gasteiger partial charge is 0.388 e.